The molecule has 1 fully saturated rings. The van der Waals surface area contributed by atoms with Crippen LogP contribution in [-0.4, -0.2) is 61.8 Å². The Hall–Kier alpha value is -2.61. The Kier molecular flexibility index (Phi) is 7.40. The van der Waals surface area contributed by atoms with Crippen LogP contribution < -0.4 is 10.1 Å². The Balaban J connectivity index is 1.49. The van der Waals surface area contributed by atoms with Crippen LogP contribution in [-0.2, 0) is 4.74 Å². The first kappa shape index (κ1) is 21.6. The highest BCUT2D eigenvalue weighted by molar-refractivity contribution is 7.99. The first-order chi connectivity index (χ1) is 15.2. The number of nitrogens with zero attached hydrogens (tertiary/aromatic N) is 2. The lowest BCUT2D eigenvalue weighted by Crippen LogP contribution is -2.41. The molecule has 1 saturated heterocycles. The number of amides is 1. The molecule has 2 heterocycles. The van der Waals surface area contributed by atoms with Gasteiger partial charge in [0, 0.05) is 36.5 Å². The van der Waals surface area contributed by atoms with Crippen molar-refractivity contribution in [1.29, 1.82) is 0 Å². The number of fused-ring (bicyclic) bond motifs is 1. The molecule has 1 amide bonds. The van der Waals surface area contributed by atoms with Crippen molar-refractivity contribution in [3.05, 3.63) is 60.2 Å². The molecule has 0 unspecified atom stereocenters. The smallest absolute Gasteiger partial charge is 0.252 e. The lowest BCUT2D eigenvalue weighted by Gasteiger charge is -2.26. The molecule has 0 saturated carbocycles. The van der Waals surface area contributed by atoms with Gasteiger partial charge in [-0.3, -0.25) is 9.69 Å². The van der Waals surface area contributed by atoms with Crippen molar-refractivity contribution < 1.29 is 14.3 Å². The summed E-state index contributed by atoms with van der Waals surface area (Å²) in [4.78, 5) is 21.1. The van der Waals surface area contributed by atoms with Gasteiger partial charge in [-0.25, -0.2) is 4.98 Å². The standard InChI is InChI=1S/C24H27N3O3S/c1-2-30-18-7-9-19(10-8-18)31-23-17-21(20-5-3-4-6-22(20)26-23)24(28)25-11-12-27-13-15-29-16-14-27/h3-10,17H,2,11-16H2,1H3,(H,25,28). The van der Waals surface area contributed by atoms with Crippen LogP contribution in [0.3, 0.4) is 0 Å². The van der Waals surface area contributed by atoms with Crippen LogP contribution in [0, 0.1) is 0 Å². The molecule has 0 bridgehead atoms. The first-order valence-electron chi connectivity index (χ1n) is 10.6. The average Bonchev–Trinajstić information content (AvgIpc) is 2.80. The second kappa shape index (κ2) is 10.6. The van der Waals surface area contributed by atoms with Gasteiger partial charge in [0.05, 0.1) is 30.9 Å². The molecule has 0 aliphatic carbocycles. The number of carbonyl (C=O) groups is 1. The second-order valence-corrected chi connectivity index (χ2v) is 8.34. The van der Waals surface area contributed by atoms with Crippen molar-refractivity contribution >= 4 is 28.6 Å². The number of pyridine rings is 1. The third-order valence-electron chi connectivity index (χ3n) is 5.11. The zero-order chi connectivity index (χ0) is 21.5. The lowest BCUT2D eigenvalue weighted by molar-refractivity contribution is 0.0383. The second-order valence-electron chi connectivity index (χ2n) is 7.24. The number of morpholine rings is 1. The number of benzene rings is 2. The summed E-state index contributed by atoms with van der Waals surface area (Å²) in [6, 6.07) is 17.6. The topological polar surface area (TPSA) is 63.7 Å². The fourth-order valence-electron chi connectivity index (χ4n) is 3.53. The molecule has 31 heavy (non-hydrogen) atoms. The maximum absolute atomic E-state index is 13.0. The molecule has 1 aliphatic rings. The molecule has 0 atom stereocenters. The van der Waals surface area contributed by atoms with Gasteiger partial charge in [-0.2, -0.15) is 0 Å². The molecule has 7 heteroatoms. The van der Waals surface area contributed by atoms with Crippen molar-refractivity contribution in [2.45, 2.75) is 16.8 Å². The van der Waals surface area contributed by atoms with Crippen molar-refractivity contribution in [1.82, 2.24) is 15.2 Å². The summed E-state index contributed by atoms with van der Waals surface area (Å²) in [5.41, 5.74) is 1.47. The van der Waals surface area contributed by atoms with E-state index in [0.29, 0.717) is 18.7 Å². The summed E-state index contributed by atoms with van der Waals surface area (Å²) in [5, 5.41) is 4.73. The molecular formula is C24H27N3O3S. The van der Waals surface area contributed by atoms with Crippen LogP contribution in [0.1, 0.15) is 17.3 Å². The van der Waals surface area contributed by atoms with Crippen molar-refractivity contribution in [3.8, 4) is 5.75 Å². The quantitative estimate of drug-likeness (QED) is 0.578. The summed E-state index contributed by atoms with van der Waals surface area (Å²) in [5.74, 6) is 0.777. The maximum atomic E-state index is 13.0. The number of carbonyl (C=O) groups excluding carboxylic acids is 1. The summed E-state index contributed by atoms with van der Waals surface area (Å²) < 4.78 is 10.9. The number of ether oxygens (including phenoxy) is 2. The molecule has 6 nitrogen and oxygen atoms in total. The van der Waals surface area contributed by atoms with Crippen LogP contribution >= 0.6 is 11.8 Å². The van der Waals surface area contributed by atoms with E-state index < -0.39 is 0 Å². The number of nitrogens with one attached hydrogen (secondary N) is 1. The third-order valence-corrected chi connectivity index (χ3v) is 6.04. The van der Waals surface area contributed by atoms with E-state index in [2.05, 4.69) is 10.2 Å². The SMILES string of the molecule is CCOc1ccc(Sc2cc(C(=O)NCCN3CCOCC3)c3ccccc3n2)cc1. The van der Waals surface area contributed by atoms with E-state index in [-0.39, 0.29) is 5.91 Å². The molecule has 0 spiro atoms. The number of aromatic nitrogens is 1. The van der Waals surface area contributed by atoms with Crippen LogP contribution in [0.15, 0.2) is 64.5 Å². The van der Waals surface area contributed by atoms with E-state index in [1.54, 1.807) is 0 Å². The van der Waals surface area contributed by atoms with E-state index >= 15 is 0 Å². The molecule has 2 aromatic carbocycles. The molecule has 162 valence electrons. The van der Waals surface area contributed by atoms with Gasteiger partial charge >= 0.3 is 0 Å². The minimum atomic E-state index is -0.0691. The normalized spacial score (nSPS) is 14.5. The minimum Gasteiger partial charge on any atom is -0.494 e. The molecule has 1 aromatic heterocycles. The third kappa shape index (κ3) is 5.76. The molecule has 4 rings (SSSR count). The zero-order valence-electron chi connectivity index (χ0n) is 17.7. The van der Waals surface area contributed by atoms with Gasteiger partial charge in [0.1, 0.15) is 10.8 Å². The number of para-hydroxylation sites is 1. The van der Waals surface area contributed by atoms with Gasteiger partial charge in [-0.05, 0) is 43.3 Å². The summed E-state index contributed by atoms with van der Waals surface area (Å²) in [7, 11) is 0. The predicted octanol–water partition coefficient (Wildman–Crippen LogP) is 3.85. The van der Waals surface area contributed by atoms with Gasteiger partial charge in [0.2, 0.25) is 0 Å². The van der Waals surface area contributed by atoms with Crippen molar-refractivity contribution in [2.24, 2.45) is 0 Å². The lowest BCUT2D eigenvalue weighted by atomic mass is 10.1. The molecule has 1 N–H and O–H groups in total. The van der Waals surface area contributed by atoms with Crippen molar-refractivity contribution in [3.63, 3.8) is 0 Å². The highest BCUT2D eigenvalue weighted by Crippen LogP contribution is 2.31. The Bertz CT molecular complexity index is 1020. The highest BCUT2D eigenvalue weighted by atomic mass is 32.2. The van der Waals surface area contributed by atoms with E-state index in [9.17, 15) is 4.79 Å². The van der Waals surface area contributed by atoms with Gasteiger partial charge in [-0.15, -0.1) is 0 Å². The summed E-state index contributed by atoms with van der Waals surface area (Å²) in [6.07, 6.45) is 0. The minimum absolute atomic E-state index is 0.0691. The van der Waals surface area contributed by atoms with Crippen LogP contribution in [0.5, 0.6) is 5.75 Å². The van der Waals surface area contributed by atoms with Crippen LogP contribution in [0.2, 0.25) is 0 Å². The van der Waals surface area contributed by atoms with E-state index in [1.165, 1.54) is 11.8 Å². The highest BCUT2D eigenvalue weighted by Gasteiger charge is 2.15. The van der Waals surface area contributed by atoms with Gasteiger partial charge in [0.25, 0.3) is 5.91 Å². The molecule has 0 radical (unpaired) electrons. The van der Waals surface area contributed by atoms with Gasteiger partial charge in [-0.1, -0.05) is 30.0 Å². The largest absolute Gasteiger partial charge is 0.494 e. The molecule has 1 aliphatic heterocycles. The van der Waals surface area contributed by atoms with E-state index in [0.717, 1.165) is 59.4 Å². The fraction of sp³-hybridized carbons (Fsp3) is 0.333. The zero-order valence-corrected chi connectivity index (χ0v) is 18.5. The Morgan fingerprint density at radius 1 is 1.16 bits per heavy atom. The molecule has 3 aromatic rings. The predicted molar refractivity (Wildman–Crippen MR) is 123 cm³/mol. The number of rotatable bonds is 8. The van der Waals surface area contributed by atoms with E-state index in [4.69, 9.17) is 14.5 Å². The fourth-order valence-corrected chi connectivity index (χ4v) is 4.36. The maximum Gasteiger partial charge on any atom is 0.252 e. The Morgan fingerprint density at radius 2 is 1.94 bits per heavy atom. The number of hydrogen-bond donors (Lipinski definition) is 1. The van der Waals surface area contributed by atoms with E-state index in [1.807, 2.05) is 61.5 Å². The summed E-state index contributed by atoms with van der Waals surface area (Å²) >= 11 is 1.54. The Morgan fingerprint density at radius 3 is 2.71 bits per heavy atom. The van der Waals surface area contributed by atoms with Crippen molar-refractivity contribution in [2.75, 3.05) is 46.0 Å². The first-order valence-corrected chi connectivity index (χ1v) is 11.4. The van der Waals surface area contributed by atoms with Crippen LogP contribution in [0.4, 0.5) is 0 Å². The van der Waals surface area contributed by atoms with Gasteiger partial charge in [0.15, 0.2) is 0 Å². The molecular weight excluding hydrogens is 410 g/mol. The van der Waals surface area contributed by atoms with Crippen LogP contribution in [0.25, 0.3) is 10.9 Å². The Labute approximate surface area is 186 Å². The number of hydrogen-bond acceptors (Lipinski definition) is 6. The summed E-state index contributed by atoms with van der Waals surface area (Å²) in [6.45, 7) is 7.39. The van der Waals surface area contributed by atoms with Gasteiger partial charge < -0.3 is 14.8 Å². The average molecular weight is 438 g/mol. The monoisotopic (exact) mass is 437 g/mol.